The Labute approximate surface area is 115 Å². The maximum atomic E-state index is 5.85. The molecule has 0 aromatic carbocycles. The summed E-state index contributed by atoms with van der Waals surface area (Å²) >= 11 is 0. The molecule has 1 fully saturated rings. The minimum absolute atomic E-state index is 0. The van der Waals surface area contributed by atoms with Gasteiger partial charge in [0.2, 0.25) is 0 Å². The predicted molar refractivity (Wildman–Crippen MR) is 74.8 cm³/mol. The van der Waals surface area contributed by atoms with Crippen LogP contribution in [0.3, 0.4) is 0 Å². The van der Waals surface area contributed by atoms with Gasteiger partial charge in [-0.05, 0) is 24.5 Å². The normalized spacial score (nSPS) is 24.6. The molecule has 0 amide bonds. The second-order valence-corrected chi connectivity index (χ2v) is 4.60. The van der Waals surface area contributed by atoms with E-state index in [2.05, 4.69) is 16.0 Å². The Morgan fingerprint density at radius 2 is 2.39 bits per heavy atom. The topological polar surface area (TPSA) is 51.4 Å². The fraction of sp³-hybridized carbons (Fsp3) is 0.615. The highest BCUT2D eigenvalue weighted by Gasteiger charge is 2.27. The maximum absolute atomic E-state index is 5.85. The molecule has 0 radical (unpaired) electrons. The zero-order valence-electron chi connectivity index (χ0n) is 10.8. The van der Waals surface area contributed by atoms with Crippen LogP contribution in [0.25, 0.3) is 0 Å². The zero-order chi connectivity index (χ0) is 12.1. The molecule has 1 aromatic heterocycles. The molecule has 1 aliphatic rings. The van der Waals surface area contributed by atoms with Crippen molar-refractivity contribution in [2.24, 2.45) is 5.73 Å². The number of nitrogens with zero attached hydrogens (tertiary/aromatic N) is 2. The fourth-order valence-corrected chi connectivity index (χ4v) is 2.46. The van der Waals surface area contributed by atoms with E-state index in [0.717, 1.165) is 25.9 Å². The van der Waals surface area contributed by atoms with E-state index in [1.54, 1.807) is 13.3 Å². The highest BCUT2D eigenvalue weighted by Crippen LogP contribution is 2.20. The summed E-state index contributed by atoms with van der Waals surface area (Å²) in [5.74, 6) is 0. The second-order valence-electron chi connectivity index (χ2n) is 4.60. The van der Waals surface area contributed by atoms with Crippen molar-refractivity contribution in [1.82, 2.24) is 9.88 Å². The second kappa shape index (κ2) is 7.69. The van der Waals surface area contributed by atoms with E-state index >= 15 is 0 Å². The average Bonchev–Trinajstić information content (AvgIpc) is 2.40. The number of hydrogen-bond donors (Lipinski definition) is 1. The van der Waals surface area contributed by atoms with E-state index in [1.807, 2.05) is 12.3 Å². The molecule has 1 saturated heterocycles. The predicted octanol–water partition coefficient (Wildman–Crippen LogP) is 1.44. The molecule has 18 heavy (non-hydrogen) atoms. The molecule has 4 nitrogen and oxygen atoms in total. The summed E-state index contributed by atoms with van der Waals surface area (Å²) in [6, 6.07) is 4.52. The van der Waals surface area contributed by atoms with Crippen molar-refractivity contribution in [3.63, 3.8) is 0 Å². The summed E-state index contributed by atoms with van der Waals surface area (Å²) in [5.41, 5.74) is 7.10. The van der Waals surface area contributed by atoms with Crippen LogP contribution < -0.4 is 5.73 Å². The van der Waals surface area contributed by atoms with Crippen molar-refractivity contribution in [2.75, 3.05) is 20.2 Å². The highest BCUT2D eigenvalue weighted by atomic mass is 35.5. The van der Waals surface area contributed by atoms with Crippen LogP contribution in [0, 0.1) is 0 Å². The van der Waals surface area contributed by atoms with Crippen molar-refractivity contribution in [2.45, 2.75) is 31.5 Å². The molecule has 0 aliphatic carbocycles. The maximum Gasteiger partial charge on any atom is 0.0599 e. The lowest BCUT2D eigenvalue weighted by atomic mass is 9.98. The monoisotopic (exact) mass is 271 g/mol. The van der Waals surface area contributed by atoms with Gasteiger partial charge >= 0.3 is 0 Å². The zero-order valence-corrected chi connectivity index (χ0v) is 11.6. The molecule has 1 aromatic rings. The lowest BCUT2D eigenvalue weighted by Gasteiger charge is -2.38. The molecule has 1 aliphatic heterocycles. The molecule has 102 valence electrons. The van der Waals surface area contributed by atoms with Gasteiger partial charge in [-0.2, -0.15) is 0 Å². The number of hydrogen-bond acceptors (Lipinski definition) is 4. The minimum Gasteiger partial charge on any atom is -0.381 e. The van der Waals surface area contributed by atoms with Gasteiger partial charge in [0.1, 0.15) is 0 Å². The van der Waals surface area contributed by atoms with Gasteiger partial charge in [-0.25, -0.2) is 0 Å². The van der Waals surface area contributed by atoms with Gasteiger partial charge in [0.15, 0.2) is 0 Å². The number of pyridine rings is 1. The summed E-state index contributed by atoms with van der Waals surface area (Å²) in [6.45, 7) is 2.68. The third-order valence-electron chi connectivity index (χ3n) is 3.50. The van der Waals surface area contributed by atoms with E-state index in [1.165, 1.54) is 5.56 Å². The minimum atomic E-state index is 0. The highest BCUT2D eigenvalue weighted by molar-refractivity contribution is 5.85. The Morgan fingerprint density at radius 3 is 3.00 bits per heavy atom. The fourth-order valence-electron chi connectivity index (χ4n) is 2.46. The quantitative estimate of drug-likeness (QED) is 0.900. The van der Waals surface area contributed by atoms with Crippen molar-refractivity contribution >= 4 is 12.4 Å². The molecule has 0 spiro atoms. The van der Waals surface area contributed by atoms with Crippen LogP contribution in [0.15, 0.2) is 24.5 Å². The van der Waals surface area contributed by atoms with Crippen LogP contribution in [-0.2, 0) is 11.3 Å². The van der Waals surface area contributed by atoms with Gasteiger partial charge in [-0.3, -0.25) is 9.88 Å². The summed E-state index contributed by atoms with van der Waals surface area (Å²) in [5, 5.41) is 0. The summed E-state index contributed by atoms with van der Waals surface area (Å²) in [6.07, 6.45) is 6.23. The Morgan fingerprint density at radius 1 is 1.56 bits per heavy atom. The van der Waals surface area contributed by atoms with Gasteiger partial charge in [-0.15, -0.1) is 12.4 Å². The van der Waals surface area contributed by atoms with Crippen molar-refractivity contribution in [1.29, 1.82) is 0 Å². The van der Waals surface area contributed by atoms with Gasteiger partial charge in [0, 0.05) is 45.2 Å². The van der Waals surface area contributed by atoms with Crippen molar-refractivity contribution in [3.8, 4) is 0 Å². The molecular weight excluding hydrogens is 250 g/mol. The van der Waals surface area contributed by atoms with Crippen LogP contribution in [0.1, 0.15) is 18.4 Å². The first-order valence-corrected chi connectivity index (χ1v) is 6.19. The largest absolute Gasteiger partial charge is 0.381 e. The van der Waals surface area contributed by atoms with E-state index in [9.17, 15) is 0 Å². The standard InChI is InChI=1S/C13H21N3O.ClH/c1-17-13-4-6-16(12(7-13)8-14)10-11-3-2-5-15-9-11;/h2-3,5,9,12-13H,4,6-8,10,14H2,1H3;1H. The van der Waals surface area contributed by atoms with Gasteiger partial charge in [-0.1, -0.05) is 6.07 Å². The lowest BCUT2D eigenvalue weighted by molar-refractivity contribution is 0.0102. The first-order chi connectivity index (χ1) is 8.33. The third-order valence-corrected chi connectivity index (χ3v) is 3.50. The third kappa shape index (κ3) is 3.92. The number of piperidine rings is 1. The number of methoxy groups -OCH3 is 1. The molecule has 2 heterocycles. The molecule has 2 rings (SSSR count). The van der Waals surface area contributed by atoms with Crippen molar-refractivity contribution in [3.05, 3.63) is 30.1 Å². The Balaban J connectivity index is 0.00000162. The van der Waals surface area contributed by atoms with E-state index in [0.29, 0.717) is 18.7 Å². The summed E-state index contributed by atoms with van der Waals surface area (Å²) in [7, 11) is 1.79. The first kappa shape index (κ1) is 15.4. The van der Waals surface area contributed by atoms with Crippen LogP contribution >= 0.6 is 12.4 Å². The van der Waals surface area contributed by atoms with E-state index < -0.39 is 0 Å². The molecular formula is C13H22ClN3O. The van der Waals surface area contributed by atoms with E-state index in [-0.39, 0.29) is 12.4 Å². The molecule has 2 atom stereocenters. The van der Waals surface area contributed by atoms with Gasteiger partial charge in [0.05, 0.1) is 6.10 Å². The Bertz CT molecular complexity index is 336. The van der Waals surface area contributed by atoms with Gasteiger partial charge in [0.25, 0.3) is 0 Å². The van der Waals surface area contributed by atoms with Gasteiger partial charge < -0.3 is 10.5 Å². The summed E-state index contributed by atoms with van der Waals surface area (Å²) in [4.78, 5) is 6.59. The molecule has 0 bridgehead atoms. The molecule has 2 unspecified atom stereocenters. The number of aromatic nitrogens is 1. The molecule has 2 N–H and O–H groups in total. The average molecular weight is 272 g/mol. The molecule has 0 saturated carbocycles. The smallest absolute Gasteiger partial charge is 0.0599 e. The van der Waals surface area contributed by atoms with Crippen molar-refractivity contribution < 1.29 is 4.74 Å². The van der Waals surface area contributed by atoms with Crippen LogP contribution in [0.4, 0.5) is 0 Å². The lowest BCUT2D eigenvalue weighted by Crippen LogP contribution is -2.47. The van der Waals surface area contributed by atoms with E-state index in [4.69, 9.17) is 10.5 Å². The number of halogens is 1. The molecule has 5 heteroatoms. The Hall–Kier alpha value is -0.680. The number of ether oxygens (including phenoxy) is 1. The number of nitrogens with two attached hydrogens (primary N) is 1. The summed E-state index contributed by atoms with van der Waals surface area (Å²) < 4.78 is 5.43. The first-order valence-electron chi connectivity index (χ1n) is 6.19. The van der Waals surface area contributed by atoms with Crippen LogP contribution in [-0.4, -0.2) is 42.2 Å². The SMILES string of the molecule is COC1CCN(Cc2cccnc2)C(CN)C1.Cl. The Kier molecular flexibility index (Phi) is 6.57. The number of rotatable bonds is 4. The number of likely N-dealkylation sites (tertiary alicyclic amines) is 1. The van der Waals surface area contributed by atoms with Crippen LogP contribution in [0.5, 0.6) is 0 Å². The van der Waals surface area contributed by atoms with Crippen LogP contribution in [0.2, 0.25) is 0 Å².